The van der Waals surface area contributed by atoms with E-state index >= 15 is 0 Å². The van der Waals surface area contributed by atoms with Crippen molar-refractivity contribution in [1.82, 2.24) is 19.9 Å². The van der Waals surface area contributed by atoms with Gasteiger partial charge in [0.05, 0.1) is 6.33 Å². The van der Waals surface area contributed by atoms with Gasteiger partial charge in [-0.15, -0.1) is 0 Å². The van der Waals surface area contributed by atoms with Crippen molar-refractivity contribution in [2.75, 3.05) is 18.4 Å². The fraction of sp³-hybridized carbons (Fsp3) is 0.688. The minimum absolute atomic E-state index is 0.214. The Morgan fingerprint density at radius 1 is 1.00 bits per heavy atom. The van der Waals surface area contributed by atoms with Gasteiger partial charge in [-0.1, -0.05) is 44.9 Å². The zero-order valence-electron chi connectivity index (χ0n) is 13.7. The topological polar surface area (TPSA) is 112 Å². The van der Waals surface area contributed by atoms with E-state index in [4.69, 9.17) is 5.73 Å². The molecule has 0 atom stereocenters. The number of nitrogens with one attached hydrogen (secondary N) is 3. The standard InChI is InChI=1S/C16H28N6O/c17-10-8-6-4-2-1-3-5-7-9-11-18-16-21-14-13(15(23)22-16)19-12-20-14/h12H,1-11,17H2,(H3,18,19,20,21,22,23). The van der Waals surface area contributed by atoms with Crippen LogP contribution in [0.1, 0.15) is 57.8 Å². The van der Waals surface area contributed by atoms with Gasteiger partial charge in [-0.3, -0.25) is 9.78 Å². The molecule has 0 aliphatic rings. The number of rotatable bonds is 12. The third-order valence-corrected chi connectivity index (χ3v) is 3.96. The van der Waals surface area contributed by atoms with E-state index in [1.54, 1.807) is 0 Å². The van der Waals surface area contributed by atoms with Crippen molar-refractivity contribution < 1.29 is 0 Å². The highest BCUT2D eigenvalue weighted by Gasteiger charge is 2.04. The Morgan fingerprint density at radius 3 is 2.35 bits per heavy atom. The minimum Gasteiger partial charge on any atom is -0.356 e. The molecule has 0 radical (unpaired) electrons. The Hall–Kier alpha value is -1.89. The highest BCUT2D eigenvalue weighted by atomic mass is 16.1. The number of fused-ring (bicyclic) bond motifs is 1. The molecule has 0 bridgehead atoms. The zero-order chi connectivity index (χ0) is 16.3. The van der Waals surface area contributed by atoms with Crippen molar-refractivity contribution in [3.63, 3.8) is 0 Å². The first kappa shape index (κ1) is 17.5. The Labute approximate surface area is 136 Å². The van der Waals surface area contributed by atoms with Gasteiger partial charge >= 0.3 is 0 Å². The lowest BCUT2D eigenvalue weighted by Crippen LogP contribution is -2.14. The molecular weight excluding hydrogens is 292 g/mol. The molecule has 2 aromatic rings. The SMILES string of the molecule is NCCCCCCCCCCCNc1nc2[nH]cnc2c(=O)[nH]1. The van der Waals surface area contributed by atoms with Crippen LogP contribution in [0.4, 0.5) is 5.95 Å². The fourth-order valence-corrected chi connectivity index (χ4v) is 2.64. The highest BCUT2D eigenvalue weighted by molar-refractivity contribution is 5.69. The number of hydrogen-bond acceptors (Lipinski definition) is 5. The summed E-state index contributed by atoms with van der Waals surface area (Å²) in [6.45, 7) is 1.64. The van der Waals surface area contributed by atoms with Gasteiger partial charge in [0.2, 0.25) is 5.95 Å². The number of aromatic amines is 2. The lowest BCUT2D eigenvalue weighted by molar-refractivity contribution is 0.564. The van der Waals surface area contributed by atoms with Crippen molar-refractivity contribution >= 4 is 17.1 Å². The molecule has 0 unspecified atom stereocenters. The summed E-state index contributed by atoms with van der Waals surface area (Å²) in [7, 11) is 0. The Balaban J connectivity index is 1.52. The minimum atomic E-state index is -0.214. The van der Waals surface area contributed by atoms with Crippen LogP contribution in [-0.4, -0.2) is 33.0 Å². The maximum Gasteiger partial charge on any atom is 0.280 e. The maximum absolute atomic E-state index is 11.7. The van der Waals surface area contributed by atoms with Crippen LogP contribution in [0.2, 0.25) is 0 Å². The molecular formula is C16H28N6O. The molecule has 2 rings (SSSR count). The summed E-state index contributed by atoms with van der Waals surface area (Å²) >= 11 is 0. The summed E-state index contributed by atoms with van der Waals surface area (Å²) in [6, 6.07) is 0. The molecule has 0 fully saturated rings. The number of aromatic nitrogens is 4. The van der Waals surface area contributed by atoms with Crippen molar-refractivity contribution in [2.45, 2.75) is 57.8 Å². The van der Waals surface area contributed by atoms with Gasteiger partial charge in [0.25, 0.3) is 5.56 Å². The predicted molar refractivity (Wildman–Crippen MR) is 93.6 cm³/mol. The van der Waals surface area contributed by atoms with Gasteiger partial charge in [0.1, 0.15) is 0 Å². The summed E-state index contributed by atoms with van der Waals surface area (Å²) in [5.41, 5.74) is 6.13. The Morgan fingerprint density at radius 2 is 1.65 bits per heavy atom. The first-order valence-electron chi connectivity index (χ1n) is 8.68. The number of hydrogen-bond donors (Lipinski definition) is 4. The molecule has 0 aliphatic heterocycles. The number of unbranched alkanes of at least 4 members (excludes halogenated alkanes) is 8. The Bertz CT molecular complexity index is 620. The third kappa shape index (κ3) is 6.02. The first-order valence-corrected chi connectivity index (χ1v) is 8.68. The van der Waals surface area contributed by atoms with Gasteiger partial charge < -0.3 is 16.0 Å². The van der Waals surface area contributed by atoms with Gasteiger partial charge in [0, 0.05) is 6.54 Å². The molecule has 5 N–H and O–H groups in total. The van der Waals surface area contributed by atoms with E-state index in [0.29, 0.717) is 17.1 Å². The monoisotopic (exact) mass is 320 g/mol. The number of nitrogens with zero attached hydrogens (tertiary/aromatic N) is 2. The van der Waals surface area contributed by atoms with Crippen LogP contribution in [-0.2, 0) is 0 Å². The van der Waals surface area contributed by atoms with E-state index in [2.05, 4.69) is 25.3 Å². The van der Waals surface area contributed by atoms with Crippen LogP contribution in [0.5, 0.6) is 0 Å². The molecule has 0 saturated heterocycles. The second kappa shape index (κ2) is 9.99. The molecule has 2 aromatic heterocycles. The molecule has 0 spiro atoms. The van der Waals surface area contributed by atoms with E-state index in [-0.39, 0.29) is 5.56 Å². The second-order valence-electron chi connectivity index (χ2n) is 5.91. The molecule has 0 aromatic carbocycles. The molecule has 2 heterocycles. The predicted octanol–water partition coefficient (Wildman–Crippen LogP) is 2.53. The van der Waals surface area contributed by atoms with Crippen LogP contribution in [0.15, 0.2) is 11.1 Å². The van der Waals surface area contributed by atoms with Crippen LogP contribution < -0.4 is 16.6 Å². The average Bonchev–Trinajstić information content (AvgIpc) is 3.02. The molecule has 7 nitrogen and oxygen atoms in total. The molecule has 128 valence electrons. The Kier molecular flexibility index (Phi) is 7.59. The lowest BCUT2D eigenvalue weighted by atomic mass is 10.1. The van der Waals surface area contributed by atoms with Gasteiger partial charge in [-0.2, -0.15) is 4.98 Å². The van der Waals surface area contributed by atoms with Crippen LogP contribution in [0.25, 0.3) is 11.2 Å². The fourth-order valence-electron chi connectivity index (χ4n) is 2.64. The zero-order valence-corrected chi connectivity index (χ0v) is 13.7. The van der Waals surface area contributed by atoms with Crippen molar-refractivity contribution in [1.29, 1.82) is 0 Å². The summed E-state index contributed by atoms with van der Waals surface area (Å²) in [6.07, 6.45) is 12.7. The summed E-state index contributed by atoms with van der Waals surface area (Å²) in [5, 5.41) is 3.17. The summed E-state index contributed by atoms with van der Waals surface area (Å²) < 4.78 is 0. The number of nitrogens with two attached hydrogens (primary N) is 1. The van der Waals surface area contributed by atoms with E-state index in [9.17, 15) is 4.79 Å². The van der Waals surface area contributed by atoms with Gasteiger partial charge in [0.15, 0.2) is 11.2 Å². The summed E-state index contributed by atoms with van der Waals surface area (Å²) in [5.74, 6) is 0.506. The van der Waals surface area contributed by atoms with E-state index < -0.39 is 0 Å². The average molecular weight is 320 g/mol. The normalized spacial score (nSPS) is 11.2. The smallest absolute Gasteiger partial charge is 0.280 e. The van der Waals surface area contributed by atoms with Gasteiger partial charge in [-0.25, -0.2) is 4.98 Å². The van der Waals surface area contributed by atoms with E-state index in [0.717, 1.165) is 25.9 Å². The highest BCUT2D eigenvalue weighted by Crippen LogP contribution is 2.09. The maximum atomic E-state index is 11.7. The van der Waals surface area contributed by atoms with Crippen molar-refractivity contribution in [2.24, 2.45) is 5.73 Å². The lowest BCUT2D eigenvalue weighted by Gasteiger charge is -2.05. The molecule has 23 heavy (non-hydrogen) atoms. The van der Waals surface area contributed by atoms with Gasteiger partial charge in [-0.05, 0) is 19.4 Å². The molecule has 0 aliphatic carbocycles. The molecule has 7 heteroatoms. The quantitative estimate of drug-likeness (QED) is 0.449. The van der Waals surface area contributed by atoms with E-state index in [1.165, 1.54) is 51.3 Å². The van der Waals surface area contributed by atoms with Crippen molar-refractivity contribution in [3.05, 3.63) is 16.7 Å². The first-order chi connectivity index (χ1) is 11.3. The largest absolute Gasteiger partial charge is 0.356 e. The van der Waals surface area contributed by atoms with Crippen LogP contribution >= 0.6 is 0 Å². The number of anilines is 1. The van der Waals surface area contributed by atoms with Crippen molar-refractivity contribution in [3.8, 4) is 0 Å². The molecule has 0 amide bonds. The number of imidazole rings is 1. The number of H-pyrrole nitrogens is 2. The molecule has 0 saturated carbocycles. The summed E-state index contributed by atoms with van der Waals surface area (Å²) in [4.78, 5) is 25.5. The van der Waals surface area contributed by atoms with Crippen LogP contribution in [0.3, 0.4) is 0 Å². The van der Waals surface area contributed by atoms with E-state index in [1.807, 2.05) is 0 Å². The third-order valence-electron chi connectivity index (χ3n) is 3.96. The second-order valence-corrected chi connectivity index (χ2v) is 5.91. The van der Waals surface area contributed by atoms with Crippen LogP contribution in [0, 0.1) is 0 Å².